The number of carbonyl (C=O) groups is 1. The van der Waals surface area contributed by atoms with Crippen molar-refractivity contribution < 1.29 is 4.79 Å². The molecule has 16 heavy (non-hydrogen) atoms. The molecule has 0 spiro atoms. The van der Waals surface area contributed by atoms with Gasteiger partial charge in [-0.3, -0.25) is 4.79 Å². The van der Waals surface area contributed by atoms with E-state index in [0.717, 1.165) is 6.42 Å². The summed E-state index contributed by atoms with van der Waals surface area (Å²) < 4.78 is 0. The van der Waals surface area contributed by atoms with Gasteiger partial charge in [0.1, 0.15) is 0 Å². The van der Waals surface area contributed by atoms with Crippen LogP contribution in [-0.4, -0.2) is 19.0 Å². The molecule has 0 atom stereocenters. The Morgan fingerprint density at radius 3 is 2.44 bits per heavy atom. The molecule has 0 saturated heterocycles. The predicted molar refractivity (Wildman–Crippen MR) is 66.3 cm³/mol. The lowest BCUT2D eigenvalue weighted by Crippen LogP contribution is -2.27. The summed E-state index contributed by atoms with van der Waals surface area (Å²) in [6, 6.07) is 6.46. The molecule has 3 nitrogen and oxygen atoms in total. The molecule has 0 aliphatic heterocycles. The highest BCUT2D eigenvalue weighted by atomic mass is 16.1. The van der Waals surface area contributed by atoms with Gasteiger partial charge < -0.3 is 11.1 Å². The van der Waals surface area contributed by atoms with E-state index >= 15 is 0 Å². The van der Waals surface area contributed by atoms with Gasteiger partial charge in [0, 0.05) is 19.5 Å². The molecule has 0 aliphatic carbocycles. The minimum atomic E-state index is 0.0341. The summed E-state index contributed by atoms with van der Waals surface area (Å²) in [7, 11) is 0. The largest absolute Gasteiger partial charge is 0.356 e. The van der Waals surface area contributed by atoms with Gasteiger partial charge in [0.05, 0.1) is 0 Å². The van der Waals surface area contributed by atoms with Crippen molar-refractivity contribution in [2.45, 2.75) is 26.7 Å². The third kappa shape index (κ3) is 4.45. The van der Waals surface area contributed by atoms with Crippen molar-refractivity contribution in [3.05, 3.63) is 34.9 Å². The van der Waals surface area contributed by atoms with Crippen LogP contribution in [0.2, 0.25) is 0 Å². The average molecular weight is 220 g/mol. The minimum Gasteiger partial charge on any atom is -0.356 e. The standard InChI is InChI=1S/C13H20N2O/c1-10-7-11(2)9-12(8-10)4-6-15-13(16)3-5-14/h7-9H,3-6,14H2,1-2H3,(H,15,16). The van der Waals surface area contributed by atoms with Crippen molar-refractivity contribution in [3.63, 3.8) is 0 Å². The third-order valence-electron chi connectivity index (χ3n) is 2.39. The van der Waals surface area contributed by atoms with Crippen molar-refractivity contribution in [1.82, 2.24) is 5.32 Å². The number of nitrogens with one attached hydrogen (secondary N) is 1. The fraction of sp³-hybridized carbons (Fsp3) is 0.462. The summed E-state index contributed by atoms with van der Waals surface area (Å²) in [4.78, 5) is 11.2. The lowest BCUT2D eigenvalue weighted by atomic mass is 10.1. The van der Waals surface area contributed by atoms with Crippen molar-refractivity contribution in [3.8, 4) is 0 Å². The molecule has 3 heteroatoms. The van der Waals surface area contributed by atoms with Gasteiger partial charge in [0.15, 0.2) is 0 Å². The molecule has 0 radical (unpaired) electrons. The normalized spacial score (nSPS) is 10.2. The van der Waals surface area contributed by atoms with Crippen LogP contribution in [0.15, 0.2) is 18.2 Å². The van der Waals surface area contributed by atoms with Gasteiger partial charge in [-0.25, -0.2) is 0 Å². The van der Waals surface area contributed by atoms with Crippen LogP contribution in [0, 0.1) is 13.8 Å². The summed E-state index contributed by atoms with van der Waals surface area (Å²) in [6.45, 7) is 5.27. The molecule has 0 bridgehead atoms. The second-order valence-electron chi connectivity index (χ2n) is 4.13. The first-order valence-corrected chi connectivity index (χ1v) is 5.66. The SMILES string of the molecule is Cc1cc(C)cc(CCNC(=O)CCN)c1. The zero-order chi connectivity index (χ0) is 12.0. The Morgan fingerprint density at radius 1 is 1.25 bits per heavy atom. The maximum atomic E-state index is 11.2. The Kier molecular flexibility index (Phi) is 4.99. The van der Waals surface area contributed by atoms with E-state index in [2.05, 4.69) is 37.4 Å². The first-order chi connectivity index (χ1) is 7.61. The molecule has 0 heterocycles. The van der Waals surface area contributed by atoms with Crippen LogP contribution in [0.1, 0.15) is 23.1 Å². The van der Waals surface area contributed by atoms with Crippen LogP contribution < -0.4 is 11.1 Å². The fourth-order valence-electron chi connectivity index (χ4n) is 1.78. The first kappa shape index (κ1) is 12.7. The third-order valence-corrected chi connectivity index (χ3v) is 2.39. The van der Waals surface area contributed by atoms with E-state index in [9.17, 15) is 4.79 Å². The Balaban J connectivity index is 2.40. The Bertz CT molecular complexity index is 341. The Labute approximate surface area is 97.0 Å². The molecule has 1 aromatic rings. The summed E-state index contributed by atoms with van der Waals surface area (Å²) in [5, 5.41) is 2.85. The van der Waals surface area contributed by atoms with Crippen molar-refractivity contribution in [1.29, 1.82) is 0 Å². The second-order valence-corrected chi connectivity index (χ2v) is 4.13. The van der Waals surface area contributed by atoms with Crippen LogP contribution >= 0.6 is 0 Å². The van der Waals surface area contributed by atoms with Crippen LogP contribution in [0.25, 0.3) is 0 Å². The lowest BCUT2D eigenvalue weighted by molar-refractivity contribution is -0.120. The Morgan fingerprint density at radius 2 is 1.88 bits per heavy atom. The highest BCUT2D eigenvalue weighted by molar-refractivity contribution is 5.75. The van der Waals surface area contributed by atoms with Crippen LogP contribution in [0.4, 0.5) is 0 Å². The van der Waals surface area contributed by atoms with E-state index in [1.165, 1.54) is 16.7 Å². The Hall–Kier alpha value is -1.35. The topological polar surface area (TPSA) is 55.1 Å². The summed E-state index contributed by atoms with van der Waals surface area (Å²) in [6.07, 6.45) is 1.28. The number of hydrogen-bond acceptors (Lipinski definition) is 2. The van der Waals surface area contributed by atoms with E-state index in [0.29, 0.717) is 19.5 Å². The summed E-state index contributed by atoms with van der Waals surface area (Å²) in [5.74, 6) is 0.0341. The maximum Gasteiger partial charge on any atom is 0.221 e. The van der Waals surface area contributed by atoms with Gasteiger partial charge in [-0.1, -0.05) is 29.3 Å². The van der Waals surface area contributed by atoms with E-state index in [-0.39, 0.29) is 5.91 Å². The number of amides is 1. The minimum absolute atomic E-state index is 0.0341. The average Bonchev–Trinajstić information content (AvgIpc) is 2.16. The molecular formula is C13H20N2O. The highest BCUT2D eigenvalue weighted by Gasteiger charge is 1.99. The predicted octanol–water partition coefficient (Wildman–Crippen LogP) is 1.31. The van der Waals surface area contributed by atoms with Gasteiger partial charge in [-0.2, -0.15) is 0 Å². The van der Waals surface area contributed by atoms with Crippen LogP contribution in [0.3, 0.4) is 0 Å². The molecule has 1 aromatic carbocycles. The van der Waals surface area contributed by atoms with E-state index in [4.69, 9.17) is 5.73 Å². The monoisotopic (exact) mass is 220 g/mol. The molecule has 1 rings (SSSR count). The molecule has 88 valence electrons. The highest BCUT2D eigenvalue weighted by Crippen LogP contribution is 2.08. The van der Waals surface area contributed by atoms with E-state index in [1.54, 1.807) is 0 Å². The number of carbonyl (C=O) groups excluding carboxylic acids is 1. The molecule has 0 aromatic heterocycles. The van der Waals surface area contributed by atoms with Crippen LogP contribution in [0.5, 0.6) is 0 Å². The molecule has 1 amide bonds. The van der Waals surface area contributed by atoms with E-state index in [1.807, 2.05) is 0 Å². The quantitative estimate of drug-likeness (QED) is 0.786. The van der Waals surface area contributed by atoms with Gasteiger partial charge in [-0.05, 0) is 25.8 Å². The summed E-state index contributed by atoms with van der Waals surface area (Å²) in [5.41, 5.74) is 9.09. The van der Waals surface area contributed by atoms with Crippen molar-refractivity contribution in [2.24, 2.45) is 5.73 Å². The fourth-order valence-corrected chi connectivity index (χ4v) is 1.78. The number of rotatable bonds is 5. The first-order valence-electron chi connectivity index (χ1n) is 5.66. The molecule has 0 unspecified atom stereocenters. The van der Waals surface area contributed by atoms with Crippen molar-refractivity contribution in [2.75, 3.05) is 13.1 Å². The number of benzene rings is 1. The zero-order valence-corrected chi connectivity index (χ0v) is 10.0. The molecule has 0 fully saturated rings. The molecule has 3 N–H and O–H groups in total. The molecule has 0 aliphatic rings. The number of aryl methyl sites for hydroxylation is 2. The number of nitrogens with two attached hydrogens (primary N) is 1. The second kappa shape index (κ2) is 6.28. The smallest absolute Gasteiger partial charge is 0.221 e. The maximum absolute atomic E-state index is 11.2. The van der Waals surface area contributed by atoms with E-state index < -0.39 is 0 Å². The van der Waals surface area contributed by atoms with Gasteiger partial charge in [0.2, 0.25) is 5.91 Å². The molecular weight excluding hydrogens is 200 g/mol. The molecule has 0 saturated carbocycles. The summed E-state index contributed by atoms with van der Waals surface area (Å²) >= 11 is 0. The van der Waals surface area contributed by atoms with Gasteiger partial charge in [-0.15, -0.1) is 0 Å². The van der Waals surface area contributed by atoms with Crippen molar-refractivity contribution >= 4 is 5.91 Å². The lowest BCUT2D eigenvalue weighted by Gasteiger charge is -2.06. The van der Waals surface area contributed by atoms with Gasteiger partial charge >= 0.3 is 0 Å². The number of hydrogen-bond donors (Lipinski definition) is 2. The van der Waals surface area contributed by atoms with Crippen LogP contribution in [-0.2, 0) is 11.2 Å². The van der Waals surface area contributed by atoms with Gasteiger partial charge in [0.25, 0.3) is 0 Å². The zero-order valence-electron chi connectivity index (χ0n) is 10.0.